The van der Waals surface area contributed by atoms with E-state index in [1.807, 2.05) is 96.1 Å². The average Bonchev–Trinajstić information content (AvgIpc) is 3.19. The number of carbonyl (C=O) groups is 2. The first kappa shape index (κ1) is 28.8. The van der Waals surface area contributed by atoms with Crippen molar-refractivity contribution in [2.24, 2.45) is 10.4 Å². The number of ether oxygens (including phenoxy) is 2. The van der Waals surface area contributed by atoms with Crippen LogP contribution < -0.4 is 5.32 Å². The van der Waals surface area contributed by atoms with Crippen LogP contribution in [0.25, 0.3) is 0 Å². The molecule has 0 aromatic heterocycles. The van der Waals surface area contributed by atoms with Crippen molar-refractivity contribution >= 4 is 41.0 Å². The van der Waals surface area contributed by atoms with Crippen molar-refractivity contribution in [1.29, 1.82) is 0 Å². The number of carbonyl (C=O) groups excluding carboxylic acids is 2. The first-order valence-corrected chi connectivity index (χ1v) is 14.7. The van der Waals surface area contributed by atoms with Gasteiger partial charge in [0.1, 0.15) is 40.2 Å². The fourth-order valence-electron chi connectivity index (χ4n) is 6.85. The molecule has 8 nitrogen and oxygen atoms in total. The van der Waals surface area contributed by atoms with Crippen LogP contribution in [0.5, 0.6) is 0 Å². The number of urea groups is 1. The number of amidine groups is 1. The van der Waals surface area contributed by atoms with Gasteiger partial charge in [0.15, 0.2) is 0 Å². The summed E-state index contributed by atoms with van der Waals surface area (Å²) in [7, 11) is 1.57. The molecule has 1 aliphatic carbocycles. The SMILES string of the molecule is COC1(C)C=C(OC(C)C)C2(C)C3=N[C@@](C)(c4ccc(Cl)cc4)[C@@](C)(c4ccc(Cl)cc4)N3C(=O)N3CC(=O)NC1=C32. The average molecular weight is 610 g/mol. The maximum Gasteiger partial charge on any atom is 0.331 e. The van der Waals surface area contributed by atoms with E-state index in [0.29, 0.717) is 33.0 Å². The third kappa shape index (κ3) is 3.68. The molecule has 0 spiro atoms. The number of hydrogen-bond donors (Lipinski definition) is 1. The van der Waals surface area contributed by atoms with Crippen LogP contribution in [0.3, 0.4) is 0 Å². The molecule has 1 N–H and O–H groups in total. The molecule has 220 valence electrons. The minimum absolute atomic E-state index is 0.153. The van der Waals surface area contributed by atoms with Crippen molar-refractivity contribution in [3.8, 4) is 0 Å². The smallest absolute Gasteiger partial charge is 0.331 e. The van der Waals surface area contributed by atoms with E-state index < -0.39 is 22.1 Å². The molecule has 42 heavy (non-hydrogen) atoms. The van der Waals surface area contributed by atoms with Gasteiger partial charge in [-0.3, -0.25) is 19.6 Å². The zero-order valence-corrected chi connectivity index (χ0v) is 26.2. The second-order valence-electron chi connectivity index (χ2n) is 12.2. The number of hydrogen-bond acceptors (Lipinski definition) is 5. The van der Waals surface area contributed by atoms with Crippen LogP contribution in [-0.4, -0.2) is 52.9 Å². The van der Waals surface area contributed by atoms with Gasteiger partial charge in [-0.2, -0.15) is 0 Å². The lowest BCUT2D eigenvalue weighted by Crippen LogP contribution is -2.69. The predicted octanol–water partition coefficient (Wildman–Crippen LogP) is 6.35. The van der Waals surface area contributed by atoms with Crippen LogP contribution in [0.15, 0.2) is 76.8 Å². The van der Waals surface area contributed by atoms with Gasteiger partial charge in [0.2, 0.25) is 5.91 Å². The molecule has 1 fully saturated rings. The third-order valence-electron chi connectivity index (χ3n) is 9.35. The maximum atomic E-state index is 14.8. The van der Waals surface area contributed by atoms with Gasteiger partial charge in [0.05, 0.1) is 17.5 Å². The molecule has 1 saturated heterocycles. The summed E-state index contributed by atoms with van der Waals surface area (Å²) in [6.07, 6.45) is 1.71. The van der Waals surface area contributed by atoms with Crippen LogP contribution in [-0.2, 0) is 25.3 Å². The van der Waals surface area contributed by atoms with Crippen molar-refractivity contribution in [3.05, 3.63) is 92.9 Å². The molecule has 2 aromatic rings. The molecule has 3 heterocycles. The predicted molar refractivity (Wildman–Crippen MR) is 162 cm³/mol. The Hall–Kier alpha value is -3.33. The summed E-state index contributed by atoms with van der Waals surface area (Å²) in [5, 5.41) is 4.20. The summed E-state index contributed by atoms with van der Waals surface area (Å²) in [6, 6.07) is 14.7. The highest BCUT2D eigenvalue weighted by Gasteiger charge is 2.69. The van der Waals surface area contributed by atoms with Gasteiger partial charge in [0, 0.05) is 17.2 Å². The Morgan fingerprint density at radius 2 is 1.50 bits per heavy atom. The van der Waals surface area contributed by atoms with E-state index in [4.69, 9.17) is 37.7 Å². The summed E-state index contributed by atoms with van der Waals surface area (Å²) in [5.74, 6) is 0.812. The lowest BCUT2D eigenvalue weighted by Gasteiger charge is -2.56. The molecular formula is C32H34Cl2N4O4. The van der Waals surface area contributed by atoms with Crippen molar-refractivity contribution < 1.29 is 19.1 Å². The van der Waals surface area contributed by atoms with Gasteiger partial charge in [0.25, 0.3) is 0 Å². The van der Waals surface area contributed by atoms with E-state index in [9.17, 15) is 9.59 Å². The second kappa shape index (κ2) is 9.33. The van der Waals surface area contributed by atoms with Crippen molar-refractivity contribution in [3.63, 3.8) is 0 Å². The number of aliphatic imine (C=N–C) groups is 1. The fraction of sp³-hybridized carbons (Fsp3) is 0.406. The molecule has 4 aliphatic rings. The molecule has 0 saturated carbocycles. The number of rotatable bonds is 5. The first-order chi connectivity index (χ1) is 19.7. The Labute approximate surface area is 256 Å². The van der Waals surface area contributed by atoms with E-state index in [-0.39, 0.29) is 24.6 Å². The van der Waals surface area contributed by atoms with Crippen molar-refractivity contribution in [1.82, 2.24) is 15.1 Å². The summed E-state index contributed by atoms with van der Waals surface area (Å²) >= 11 is 12.6. The van der Waals surface area contributed by atoms with Crippen molar-refractivity contribution in [2.75, 3.05) is 13.7 Å². The Morgan fingerprint density at radius 1 is 0.929 bits per heavy atom. The van der Waals surface area contributed by atoms with E-state index in [2.05, 4.69) is 5.32 Å². The molecule has 0 bridgehead atoms. The molecule has 10 heteroatoms. The number of nitrogens with one attached hydrogen (secondary N) is 1. The number of nitrogens with zero attached hydrogens (tertiary/aromatic N) is 3. The number of benzene rings is 2. The lowest BCUT2D eigenvalue weighted by molar-refractivity contribution is -0.123. The number of methoxy groups -OCH3 is 1. The number of amides is 3. The Morgan fingerprint density at radius 3 is 2.05 bits per heavy atom. The van der Waals surface area contributed by atoms with Crippen LogP contribution in [0.2, 0.25) is 10.0 Å². The summed E-state index contributed by atoms with van der Waals surface area (Å²) in [4.78, 5) is 36.8. The van der Waals surface area contributed by atoms with Gasteiger partial charge in [-0.15, -0.1) is 0 Å². The molecule has 2 aromatic carbocycles. The standard InChI is InChI=1S/C32H34Cl2N4O4/c1-18(2)42-23-16-29(3,41-7)25-26-30(23,4)27-36-31(5,19-8-12-21(33)13-9-19)32(6,20-10-14-22(34)15-11-20)38(27)28(40)37(26)17-24(39)35-25/h8-16,18H,17H2,1-7H3,(H,35,39)/t29?,30?,31-,32+/m0/s1. The summed E-state index contributed by atoms with van der Waals surface area (Å²) in [5.41, 5.74) is -1.29. The number of fused-ring (bicyclic) bond motifs is 2. The maximum absolute atomic E-state index is 14.8. The third-order valence-corrected chi connectivity index (χ3v) is 9.85. The Bertz CT molecular complexity index is 1600. The molecule has 0 radical (unpaired) electrons. The van der Waals surface area contributed by atoms with E-state index in [1.165, 1.54) is 0 Å². The van der Waals surface area contributed by atoms with Crippen LogP contribution in [0.1, 0.15) is 52.7 Å². The van der Waals surface area contributed by atoms with Gasteiger partial charge in [-0.05, 0) is 83.0 Å². The lowest BCUT2D eigenvalue weighted by atomic mass is 9.68. The minimum Gasteiger partial charge on any atom is -0.494 e. The van der Waals surface area contributed by atoms with Crippen molar-refractivity contribution in [2.45, 2.75) is 64.3 Å². The van der Waals surface area contributed by atoms with E-state index in [1.54, 1.807) is 16.9 Å². The zero-order chi connectivity index (χ0) is 30.4. The van der Waals surface area contributed by atoms with E-state index in [0.717, 1.165) is 11.1 Å². The molecule has 6 rings (SSSR count). The fourth-order valence-corrected chi connectivity index (χ4v) is 7.10. The Kier molecular flexibility index (Phi) is 6.39. The summed E-state index contributed by atoms with van der Waals surface area (Å²) in [6.45, 7) is 11.7. The van der Waals surface area contributed by atoms with Gasteiger partial charge < -0.3 is 14.8 Å². The largest absolute Gasteiger partial charge is 0.494 e. The molecule has 4 atom stereocenters. The molecule has 2 unspecified atom stereocenters. The quantitative estimate of drug-likeness (QED) is 0.429. The summed E-state index contributed by atoms with van der Waals surface area (Å²) < 4.78 is 12.5. The highest BCUT2D eigenvalue weighted by atomic mass is 35.5. The molecule has 3 amide bonds. The molecular weight excluding hydrogens is 575 g/mol. The first-order valence-electron chi connectivity index (χ1n) is 13.9. The minimum atomic E-state index is -1.05. The van der Waals surface area contributed by atoms with Crippen LogP contribution in [0, 0.1) is 5.41 Å². The molecule has 3 aliphatic heterocycles. The highest BCUT2D eigenvalue weighted by Crippen LogP contribution is 2.61. The van der Waals surface area contributed by atoms with Gasteiger partial charge in [-0.1, -0.05) is 47.5 Å². The van der Waals surface area contributed by atoms with Crippen LogP contribution in [0.4, 0.5) is 4.79 Å². The topological polar surface area (TPSA) is 83.5 Å². The van der Waals surface area contributed by atoms with Gasteiger partial charge >= 0.3 is 6.03 Å². The van der Waals surface area contributed by atoms with Gasteiger partial charge in [-0.25, -0.2) is 4.79 Å². The number of halogens is 2. The normalized spacial score (nSPS) is 32.0. The Balaban J connectivity index is 1.70. The zero-order valence-electron chi connectivity index (χ0n) is 24.7. The van der Waals surface area contributed by atoms with E-state index >= 15 is 0 Å². The second-order valence-corrected chi connectivity index (χ2v) is 13.1. The van der Waals surface area contributed by atoms with Crippen LogP contribution >= 0.6 is 23.2 Å². The monoisotopic (exact) mass is 608 g/mol. The highest BCUT2D eigenvalue weighted by molar-refractivity contribution is 6.30.